The van der Waals surface area contributed by atoms with Crippen LogP contribution in [0.15, 0.2) is 24.3 Å². The van der Waals surface area contributed by atoms with Crippen molar-refractivity contribution in [2.45, 2.75) is 39.2 Å². The molecule has 2 heteroatoms. The minimum Gasteiger partial charge on any atom is -0.329 e. The number of nitrogens with zero attached hydrogens (tertiary/aromatic N) is 1. The van der Waals surface area contributed by atoms with Gasteiger partial charge in [0.1, 0.15) is 0 Å². The molecule has 1 aliphatic rings. The molecule has 1 unspecified atom stereocenters. The van der Waals surface area contributed by atoms with Crippen LogP contribution < -0.4 is 5.73 Å². The first-order chi connectivity index (χ1) is 9.10. The summed E-state index contributed by atoms with van der Waals surface area (Å²) >= 11 is 0. The summed E-state index contributed by atoms with van der Waals surface area (Å²) in [7, 11) is 2.21. The molecule has 1 aliphatic carbocycles. The van der Waals surface area contributed by atoms with E-state index in [9.17, 15) is 0 Å². The molecule has 0 spiro atoms. The average Bonchev–Trinajstić information content (AvgIpc) is 3.15. The zero-order chi connectivity index (χ0) is 13.8. The van der Waals surface area contributed by atoms with E-state index in [1.807, 2.05) is 0 Å². The lowest BCUT2D eigenvalue weighted by molar-refractivity contribution is 0.240. The number of likely N-dealkylation sites (N-methyl/N-ethyl adjacent to an activating group) is 1. The molecule has 2 nitrogen and oxygen atoms in total. The standard InChI is InChI=1S/C17H28N2/c1-13(2)10-14-6-8-16(9-7-14)17(11-18)19(3)12-15-4-5-15/h6-9,13,15,17H,4-5,10-12,18H2,1-3H3. The molecule has 0 saturated heterocycles. The molecule has 1 saturated carbocycles. The summed E-state index contributed by atoms with van der Waals surface area (Å²) in [5.74, 6) is 1.63. The molecule has 2 N–H and O–H groups in total. The van der Waals surface area contributed by atoms with E-state index >= 15 is 0 Å². The second-order valence-corrected chi connectivity index (χ2v) is 6.47. The maximum Gasteiger partial charge on any atom is 0.0467 e. The van der Waals surface area contributed by atoms with Crippen LogP contribution in [0, 0.1) is 11.8 Å². The van der Waals surface area contributed by atoms with E-state index in [1.54, 1.807) is 0 Å². The lowest BCUT2D eigenvalue weighted by atomic mass is 9.99. The second kappa shape index (κ2) is 6.53. The fraction of sp³-hybridized carbons (Fsp3) is 0.647. The van der Waals surface area contributed by atoms with Gasteiger partial charge in [-0.05, 0) is 49.3 Å². The Morgan fingerprint density at radius 2 is 1.84 bits per heavy atom. The third kappa shape index (κ3) is 4.32. The van der Waals surface area contributed by atoms with Crippen LogP contribution in [0.2, 0.25) is 0 Å². The molecule has 0 bridgehead atoms. The molecule has 0 aromatic heterocycles. The van der Waals surface area contributed by atoms with Crippen molar-refractivity contribution in [3.05, 3.63) is 35.4 Å². The maximum atomic E-state index is 5.98. The number of rotatable bonds is 7. The number of nitrogens with two attached hydrogens (primary N) is 1. The van der Waals surface area contributed by atoms with Gasteiger partial charge in [-0.2, -0.15) is 0 Å². The zero-order valence-electron chi connectivity index (χ0n) is 12.6. The van der Waals surface area contributed by atoms with E-state index in [1.165, 1.54) is 30.5 Å². The van der Waals surface area contributed by atoms with Crippen molar-refractivity contribution in [3.63, 3.8) is 0 Å². The first-order valence-corrected chi connectivity index (χ1v) is 7.59. The average molecular weight is 260 g/mol. The Labute approximate surface area is 118 Å². The van der Waals surface area contributed by atoms with E-state index in [-0.39, 0.29) is 0 Å². The van der Waals surface area contributed by atoms with Crippen LogP contribution in [0.1, 0.15) is 43.9 Å². The van der Waals surface area contributed by atoms with Crippen molar-refractivity contribution in [2.24, 2.45) is 17.6 Å². The van der Waals surface area contributed by atoms with Gasteiger partial charge in [-0.25, -0.2) is 0 Å². The van der Waals surface area contributed by atoms with Gasteiger partial charge in [0.05, 0.1) is 0 Å². The monoisotopic (exact) mass is 260 g/mol. The molecule has 0 radical (unpaired) electrons. The molecule has 1 fully saturated rings. The highest BCUT2D eigenvalue weighted by Gasteiger charge is 2.26. The summed E-state index contributed by atoms with van der Waals surface area (Å²) in [6.45, 7) is 6.42. The van der Waals surface area contributed by atoms with Crippen molar-refractivity contribution in [3.8, 4) is 0 Å². The normalized spacial score (nSPS) is 17.2. The van der Waals surface area contributed by atoms with E-state index in [0.29, 0.717) is 18.5 Å². The highest BCUT2D eigenvalue weighted by molar-refractivity contribution is 5.25. The van der Waals surface area contributed by atoms with Gasteiger partial charge in [-0.1, -0.05) is 38.1 Å². The number of hydrogen-bond acceptors (Lipinski definition) is 2. The number of hydrogen-bond donors (Lipinski definition) is 1. The molecular formula is C17H28N2. The van der Waals surface area contributed by atoms with Crippen LogP contribution in [0.5, 0.6) is 0 Å². The Kier molecular flexibility index (Phi) is 5.00. The molecule has 1 aromatic carbocycles. The predicted octanol–water partition coefficient (Wildman–Crippen LogP) is 3.23. The summed E-state index contributed by atoms with van der Waals surface area (Å²) in [6.07, 6.45) is 3.95. The summed E-state index contributed by atoms with van der Waals surface area (Å²) < 4.78 is 0. The SMILES string of the molecule is CC(C)Cc1ccc(C(CN)N(C)CC2CC2)cc1. The Bertz CT molecular complexity index is 379. The van der Waals surface area contributed by atoms with Gasteiger partial charge in [0, 0.05) is 19.1 Å². The first-order valence-electron chi connectivity index (χ1n) is 7.59. The predicted molar refractivity (Wildman–Crippen MR) is 82.1 cm³/mol. The van der Waals surface area contributed by atoms with Gasteiger partial charge in [0.15, 0.2) is 0 Å². The zero-order valence-corrected chi connectivity index (χ0v) is 12.6. The topological polar surface area (TPSA) is 29.3 Å². The molecule has 0 heterocycles. The minimum absolute atomic E-state index is 0.369. The van der Waals surface area contributed by atoms with Crippen molar-refractivity contribution < 1.29 is 0 Å². The van der Waals surface area contributed by atoms with Crippen LogP contribution >= 0.6 is 0 Å². The lowest BCUT2D eigenvalue weighted by Crippen LogP contribution is -2.32. The first kappa shape index (κ1) is 14.5. The van der Waals surface area contributed by atoms with E-state index in [4.69, 9.17) is 5.73 Å². The molecule has 0 aliphatic heterocycles. The van der Waals surface area contributed by atoms with Crippen LogP contribution in [0.3, 0.4) is 0 Å². The molecule has 0 amide bonds. The quantitative estimate of drug-likeness (QED) is 0.815. The lowest BCUT2D eigenvalue weighted by Gasteiger charge is -2.27. The molecule has 1 aromatic rings. The van der Waals surface area contributed by atoms with E-state index in [2.05, 4.69) is 50.1 Å². The van der Waals surface area contributed by atoms with Crippen LogP contribution in [-0.4, -0.2) is 25.0 Å². The third-order valence-corrected chi connectivity index (χ3v) is 4.01. The third-order valence-electron chi connectivity index (χ3n) is 4.01. The Hall–Kier alpha value is -0.860. The molecule has 1 atom stereocenters. The summed E-state index contributed by atoms with van der Waals surface area (Å²) in [5, 5.41) is 0. The van der Waals surface area contributed by atoms with Crippen LogP contribution in [0.25, 0.3) is 0 Å². The highest BCUT2D eigenvalue weighted by atomic mass is 15.1. The van der Waals surface area contributed by atoms with Crippen LogP contribution in [0.4, 0.5) is 0 Å². The smallest absolute Gasteiger partial charge is 0.0467 e. The van der Waals surface area contributed by atoms with E-state index < -0.39 is 0 Å². The van der Waals surface area contributed by atoms with Crippen molar-refractivity contribution in [1.29, 1.82) is 0 Å². The largest absolute Gasteiger partial charge is 0.329 e. The maximum absolute atomic E-state index is 5.98. The molecule has 19 heavy (non-hydrogen) atoms. The van der Waals surface area contributed by atoms with Crippen molar-refractivity contribution >= 4 is 0 Å². The fourth-order valence-electron chi connectivity index (χ4n) is 2.75. The van der Waals surface area contributed by atoms with Crippen LogP contribution in [-0.2, 0) is 6.42 Å². The van der Waals surface area contributed by atoms with E-state index in [0.717, 1.165) is 12.3 Å². The van der Waals surface area contributed by atoms with Gasteiger partial charge in [0.2, 0.25) is 0 Å². The van der Waals surface area contributed by atoms with Gasteiger partial charge < -0.3 is 5.73 Å². The van der Waals surface area contributed by atoms with Crippen molar-refractivity contribution in [1.82, 2.24) is 4.90 Å². The Balaban J connectivity index is 2.00. The van der Waals surface area contributed by atoms with Gasteiger partial charge >= 0.3 is 0 Å². The summed E-state index contributed by atoms with van der Waals surface area (Å²) in [6, 6.07) is 9.43. The van der Waals surface area contributed by atoms with Crippen molar-refractivity contribution in [2.75, 3.05) is 20.1 Å². The van der Waals surface area contributed by atoms with Gasteiger partial charge in [-0.3, -0.25) is 4.90 Å². The Morgan fingerprint density at radius 3 is 2.32 bits per heavy atom. The molecule has 106 valence electrons. The van der Waals surface area contributed by atoms with Gasteiger partial charge in [-0.15, -0.1) is 0 Å². The molecule has 2 rings (SSSR count). The summed E-state index contributed by atoms with van der Waals surface area (Å²) in [5.41, 5.74) is 8.77. The second-order valence-electron chi connectivity index (χ2n) is 6.47. The summed E-state index contributed by atoms with van der Waals surface area (Å²) in [4.78, 5) is 2.43. The highest BCUT2D eigenvalue weighted by Crippen LogP contribution is 2.31. The Morgan fingerprint density at radius 1 is 1.21 bits per heavy atom. The number of benzene rings is 1. The van der Waals surface area contributed by atoms with Gasteiger partial charge in [0.25, 0.3) is 0 Å². The fourth-order valence-corrected chi connectivity index (χ4v) is 2.75. The molecular weight excluding hydrogens is 232 g/mol. The minimum atomic E-state index is 0.369.